The minimum atomic E-state index is -0.964. The van der Waals surface area contributed by atoms with Gasteiger partial charge >= 0.3 is 0 Å². The lowest BCUT2D eigenvalue weighted by atomic mass is 10.0. The van der Waals surface area contributed by atoms with Gasteiger partial charge in [0.25, 0.3) is 5.91 Å². The summed E-state index contributed by atoms with van der Waals surface area (Å²) in [7, 11) is 1.57. The Bertz CT molecular complexity index is 352. The second kappa shape index (κ2) is 6.32. The summed E-state index contributed by atoms with van der Waals surface area (Å²) in [6.07, 6.45) is 3.56. The van der Waals surface area contributed by atoms with Crippen molar-refractivity contribution >= 4 is 5.91 Å². The molecule has 1 amide bonds. The van der Waals surface area contributed by atoms with Crippen LogP contribution in [-0.4, -0.2) is 41.9 Å². The maximum atomic E-state index is 11.7. The first-order chi connectivity index (χ1) is 8.05. The van der Waals surface area contributed by atoms with Crippen molar-refractivity contribution in [3.05, 3.63) is 30.1 Å². The van der Waals surface area contributed by atoms with Crippen molar-refractivity contribution in [2.24, 2.45) is 0 Å². The molecule has 0 saturated carbocycles. The Morgan fingerprint density at radius 3 is 3.00 bits per heavy atom. The Morgan fingerprint density at radius 2 is 2.41 bits per heavy atom. The fourth-order valence-electron chi connectivity index (χ4n) is 1.28. The largest absolute Gasteiger partial charge is 0.388 e. The molecule has 1 rings (SSSR count). The minimum Gasteiger partial charge on any atom is -0.388 e. The predicted octanol–water partition coefficient (Wildman–Crippen LogP) is 0.599. The zero-order chi connectivity index (χ0) is 12.7. The quantitative estimate of drug-likeness (QED) is 0.761. The van der Waals surface area contributed by atoms with Gasteiger partial charge in [-0.1, -0.05) is 0 Å². The Labute approximate surface area is 101 Å². The van der Waals surface area contributed by atoms with Gasteiger partial charge in [0.1, 0.15) is 0 Å². The molecule has 17 heavy (non-hydrogen) atoms. The topological polar surface area (TPSA) is 71.5 Å². The van der Waals surface area contributed by atoms with Gasteiger partial charge in [-0.25, -0.2) is 0 Å². The third-order valence-corrected chi connectivity index (χ3v) is 2.40. The van der Waals surface area contributed by atoms with Crippen LogP contribution in [0.1, 0.15) is 23.7 Å². The van der Waals surface area contributed by atoms with Gasteiger partial charge in [-0.05, 0) is 19.1 Å². The molecule has 5 heteroatoms. The van der Waals surface area contributed by atoms with E-state index in [1.54, 1.807) is 32.4 Å². The zero-order valence-corrected chi connectivity index (χ0v) is 10.1. The Kier molecular flexibility index (Phi) is 5.06. The molecule has 0 aliphatic rings. The average Bonchev–Trinajstić information content (AvgIpc) is 2.35. The minimum absolute atomic E-state index is 0.185. The summed E-state index contributed by atoms with van der Waals surface area (Å²) in [6.45, 7) is 2.30. The Morgan fingerprint density at radius 1 is 1.65 bits per heavy atom. The average molecular weight is 238 g/mol. The molecular weight excluding hydrogens is 220 g/mol. The number of hydrogen-bond acceptors (Lipinski definition) is 4. The van der Waals surface area contributed by atoms with E-state index >= 15 is 0 Å². The number of amides is 1. The highest BCUT2D eigenvalue weighted by atomic mass is 16.5. The van der Waals surface area contributed by atoms with Gasteiger partial charge in [0.05, 0.1) is 11.2 Å². The monoisotopic (exact) mass is 238 g/mol. The molecule has 0 fully saturated rings. The summed E-state index contributed by atoms with van der Waals surface area (Å²) in [4.78, 5) is 15.5. The van der Waals surface area contributed by atoms with Gasteiger partial charge < -0.3 is 15.2 Å². The summed E-state index contributed by atoms with van der Waals surface area (Å²) >= 11 is 0. The standard InChI is InChI=1S/C12H18N2O3/c1-12(16,5-7-17-2)9-14-11(15)10-4-3-6-13-8-10/h3-4,6,8,16H,5,7,9H2,1-2H3,(H,14,15). The molecule has 94 valence electrons. The molecule has 1 unspecified atom stereocenters. The summed E-state index contributed by atoms with van der Waals surface area (Å²) in [5.74, 6) is -0.240. The number of methoxy groups -OCH3 is 1. The van der Waals surface area contributed by atoms with E-state index in [0.29, 0.717) is 18.6 Å². The molecule has 1 atom stereocenters. The molecule has 0 spiro atoms. The molecule has 0 aliphatic heterocycles. The van der Waals surface area contributed by atoms with E-state index in [1.807, 2.05) is 0 Å². The van der Waals surface area contributed by atoms with Crippen LogP contribution < -0.4 is 5.32 Å². The van der Waals surface area contributed by atoms with Crippen LogP contribution in [0.3, 0.4) is 0 Å². The smallest absolute Gasteiger partial charge is 0.252 e. The van der Waals surface area contributed by atoms with Gasteiger partial charge in [-0.2, -0.15) is 0 Å². The van der Waals surface area contributed by atoms with Gasteiger partial charge in [0.2, 0.25) is 0 Å². The van der Waals surface area contributed by atoms with E-state index in [1.165, 1.54) is 6.20 Å². The lowest BCUT2D eigenvalue weighted by Gasteiger charge is -2.23. The molecule has 2 N–H and O–H groups in total. The van der Waals surface area contributed by atoms with Gasteiger partial charge in [0.15, 0.2) is 0 Å². The Balaban J connectivity index is 2.43. The summed E-state index contributed by atoms with van der Waals surface area (Å²) < 4.78 is 4.89. The zero-order valence-electron chi connectivity index (χ0n) is 10.1. The van der Waals surface area contributed by atoms with E-state index < -0.39 is 5.60 Å². The third kappa shape index (κ3) is 4.93. The predicted molar refractivity (Wildman–Crippen MR) is 63.7 cm³/mol. The summed E-state index contributed by atoms with van der Waals surface area (Å²) in [5, 5.41) is 12.6. The van der Waals surface area contributed by atoms with Crippen LogP contribution in [0.5, 0.6) is 0 Å². The van der Waals surface area contributed by atoms with E-state index in [2.05, 4.69) is 10.3 Å². The highest BCUT2D eigenvalue weighted by molar-refractivity contribution is 5.93. The molecule has 5 nitrogen and oxygen atoms in total. The van der Waals surface area contributed by atoms with Crippen molar-refractivity contribution < 1.29 is 14.6 Å². The van der Waals surface area contributed by atoms with Crippen molar-refractivity contribution in [1.29, 1.82) is 0 Å². The third-order valence-electron chi connectivity index (χ3n) is 2.40. The van der Waals surface area contributed by atoms with Crippen LogP contribution in [0.25, 0.3) is 0 Å². The number of carbonyl (C=O) groups excluding carboxylic acids is 1. The molecule has 0 radical (unpaired) electrons. The van der Waals surface area contributed by atoms with Crippen LogP contribution in [-0.2, 0) is 4.74 Å². The van der Waals surface area contributed by atoms with Crippen molar-refractivity contribution in [3.63, 3.8) is 0 Å². The fraction of sp³-hybridized carbons (Fsp3) is 0.500. The normalized spacial score (nSPS) is 14.1. The first-order valence-electron chi connectivity index (χ1n) is 5.45. The molecule has 0 aliphatic carbocycles. The van der Waals surface area contributed by atoms with Crippen molar-refractivity contribution in [1.82, 2.24) is 10.3 Å². The Hall–Kier alpha value is -1.46. The first kappa shape index (κ1) is 13.6. The van der Waals surface area contributed by atoms with E-state index in [4.69, 9.17) is 4.74 Å². The van der Waals surface area contributed by atoms with Gasteiger partial charge in [-0.3, -0.25) is 9.78 Å². The molecule has 0 bridgehead atoms. The number of nitrogens with zero attached hydrogens (tertiary/aromatic N) is 1. The number of hydrogen-bond donors (Lipinski definition) is 2. The molecule has 0 saturated heterocycles. The van der Waals surface area contributed by atoms with Gasteiger partial charge in [-0.15, -0.1) is 0 Å². The van der Waals surface area contributed by atoms with Crippen LogP contribution in [0.15, 0.2) is 24.5 Å². The molecule has 1 aromatic rings. The van der Waals surface area contributed by atoms with Crippen LogP contribution >= 0.6 is 0 Å². The highest BCUT2D eigenvalue weighted by Gasteiger charge is 2.21. The van der Waals surface area contributed by atoms with E-state index in [0.717, 1.165) is 0 Å². The number of aliphatic hydroxyl groups is 1. The number of aromatic nitrogens is 1. The summed E-state index contributed by atoms with van der Waals surface area (Å²) in [6, 6.07) is 3.37. The van der Waals surface area contributed by atoms with Crippen LogP contribution in [0.2, 0.25) is 0 Å². The number of rotatable bonds is 6. The second-order valence-corrected chi connectivity index (χ2v) is 4.16. The fourth-order valence-corrected chi connectivity index (χ4v) is 1.28. The van der Waals surface area contributed by atoms with E-state index in [9.17, 15) is 9.90 Å². The van der Waals surface area contributed by atoms with Crippen molar-refractivity contribution in [2.75, 3.05) is 20.3 Å². The SMILES string of the molecule is COCCC(C)(O)CNC(=O)c1cccnc1. The summed E-state index contributed by atoms with van der Waals surface area (Å²) in [5.41, 5.74) is -0.483. The number of nitrogens with one attached hydrogen (secondary N) is 1. The van der Waals surface area contributed by atoms with E-state index in [-0.39, 0.29) is 12.5 Å². The first-order valence-corrected chi connectivity index (χ1v) is 5.45. The van der Waals surface area contributed by atoms with Crippen LogP contribution in [0, 0.1) is 0 Å². The number of pyridine rings is 1. The molecular formula is C12H18N2O3. The van der Waals surface area contributed by atoms with Crippen LogP contribution in [0.4, 0.5) is 0 Å². The van der Waals surface area contributed by atoms with Gasteiger partial charge in [0, 0.05) is 39.1 Å². The lowest BCUT2D eigenvalue weighted by Crippen LogP contribution is -2.41. The van der Waals surface area contributed by atoms with Crippen molar-refractivity contribution in [2.45, 2.75) is 18.9 Å². The second-order valence-electron chi connectivity index (χ2n) is 4.16. The molecule has 0 aromatic carbocycles. The maximum absolute atomic E-state index is 11.7. The maximum Gasteiger partial charge on any atom is 0.252 e. The number of carbonyl (C=O) groups is 1. The lowest BCUT2D eigenvalue weighted by molar-refractivity contribution is 0.0243. The van der Waals surface area contributed by atoms with Crippen molar-refractivity contribution in [3.8, 4) is 0 Å². The molecule has 1 aromatic heterocycles. The number of ether oxygens (including phenoxy) is 1. The highest BCUT2D eigenvalue weighted by Crippen LogP contribution is 2.08. The molecule has 1 heterocycles.